The zero-order valence-corrected chi connectivity index (χ0v) is 11.6. The first-order valence-electron chi connectivity index (χ1n) is 7.08. The third-order valence-corrected chi connectivity index (χ3v) is 5.12. The van der Waals surface area contributed by atoms with Crippen molar-refractivity contribution in [2.45, 2.75) is 50.3 Å². The summed E-state index contributed by atoms with van der Waals surface area (Å²) >= 11 is 0. The predicted octanol–water partition coefficient (Wildman–Crippen LogP) is 1.89. The van der Waals surface area contributed by atoms with Crippen LogP contribution in [0.25, 0.3) is 0 Å². The maximum Gasteiger partial charge on any atom is 0.334 e. The van der Waals surface area contributed by atoms with Crippen molar-refractivity contribution in [3.8, 4) is 0 Å². The number of esters is 1. The molecule has 0 unspecified atom stereocenters. The normalized spacial score (nSPS) is 53.3. The molecular formula is C15H18O5. The van der Waals surface area contributed by atoms with Crippen LogP contribution < -0.4 is 0 Å². The summed E-state index contributed by atoms with van der Waals surface area (Å²) in [6, 6.07) is 0. The number of rotatable bonds is 0. The average Bonchev–Trinajstić information content (AvgIpc) is 2.61. The summed E-state index contributed by atoms with van der Waals surface area (Å²) in [4.78, 5) is 22.8. The van der Waals surface area contributed by atoms with Gasteiger partial charge < -0.3 is 9.47 Å². The Morgan fingerprint density at radius 3 is 2.80 bits per heavy atom. The zero-order valence-electron chi connectivity index (χ0n) is 11.6. The second-order valence-electron chi connectivity index (χ2n) is 6.42. The Bertz CT molecular complexity index is 526. The van der Waals surface area contributed by atoms with E-state index >= 15 is 0 Å². The number of hydrogen-bond acceptors (Lipinski definition) is 5. The van der Waals surface area contributed by atoms with Gasteiger partial charge in [0.2, 0.25) is 5.79 Å². The lowest BCUT2D eigenvalue weighted by Gasteiger charge is -2.52. The van der Waals surface area contributed by atoms with Crippen LogP contribution in [0.1, 0.15) is 26.7 Å². The molecule has 5 aliphatic rings. The molecule has 1 saturated carbocycles. The van der Waals surface area contributed by atoms with Gasteiger partial charge in [-0.1, -0.05) is 13.5 Å². The molecule has 1 spiro atoms. The third kappa shape index (κ3) is 1.46. The summed E-state index contributed by atoms with van der Waals surface area (Å²) in [6.45, 7) is 7.78. The van der Waals surface area contributed by atoms with E-state index < -0.39 is 11.4 Å². The molecular weight excluding hydrogens is 260 g/mol. The fraction of sp³-hybridized carbons (Fsp3) is 0.667. The zero-order chi connectivity index (χ0) is 14.1. The molecule has 5 heteroatoms. The summed E-state index contributed by atoms with van der Waals surface area (Å²) in [5.41, 5.74) is -0.0336. The SMILES string of the molecule is C=C1C(=O)O[C@H]2C[C@H](C)[C@]34C=C[C@](C)(OO3)O[C@H]4C[C@H]12. The highest BCUT2D eigenvalue weighted by molar-refractivity contribution is 5.90. The third-order valence-electron chi connectivity index (χ3n) is 5.12. The molecule has 3 fully saturated rings. The molecule has 5 nitrogen and oxygen atoms in total. The molecule has 0 amide bonds. The molecule has 4 aliphatic heterocycles. The first-order valence-corrected chi connectivity index (χ1v) is 7.08. The van der Waals surface area contributed by atoms with Crippen LogP contribution in [0.5, 0.6) is 0 Å². The lowest BCUT2D eigenvalue weighted by Crippen LogP contribution is -2.61. The van der Waals surface area contributed by atoms with Gasteiger partial charge in [0.1, 0.15) is 6.10 Å². The minimum absolute atomic E-state index is 0.00859. The Kier molecular flexibility index (Phi) is 2.34. The van der Waals surface area contributed by atoms with Crippen molar-refractivity contribution in [2.75, 3.05) is 0 Å². The highest BCUT2D eigenvalue weighted by atomic mass is 17.3. The van der Waals surface area contributed by atoms with Gasteiger partial charge in [-0.15, -0.1) is 0 Å². The molecule has 6 atom stereocenters. The first-order chi connectivity index (χ1) is 9.43. The van der Waals surface area contributed by atoms with Gasteiger partial charge in [-0.2, -0.15) is 4.89 Å². The van der Waals surface area contributed by atoms with Crippen molar-refractivity contribution in [1.29, 1.82) is 0 Å². The summed E-state index contributed by atoms with van der Waals surface area (Å²) < 4.78 is 11.5. The maximum atomic E-state index is 11.7. The standard InChI is InChI=1S/C15H18O5/c1-8-6-11-10(9(2)13(16)17-11)7-12-15(8)5-4-14(3,18-12)19-20-15/h4-5,8,10-12H,2,6-7H2,1,3H3/t8-,10+,11-,12-,14-,15-/m0/s1. The second kappa shape index (κ2) is 3.72. The van der Waals surface area contributed by atoms with Crippen LogP contribution in [0, 0.1) is 11.8 Å². The predicted molar refractivity (Wildman–Crippen MR) is 68.2 cm³/mol. The fourth-order valence-corrected chi connectivity index (χ4v) is 3.82. The largest absolute Gasteiger partial charge is 0.458 e. The van der Waals surface area contributed by atoms with Crippen LogP contribution in [0.3, 0.4) is 0 Å². The molecule has 4 heterocycles. The molecule has 5 rings (SSSR count). The van der Waals surface area contributed by atoms with Gasteiger partial charge in [-0.05, 0) is 37.8 Å². The molecule has 20 heavy (non-hydrogen) atoms. The molecule has 1 aliphatic carbocycles. The summed E-state index contributed by atoms with van der Waals surface area (Å²) in [5, 5.41) is 0. The van der Waals surface area contributed by atoms with Crippen LogP contribution in [-0.2, 0) is 24.0 Å². The summed E-state index contributed by atoms with van der Waals surface area (Å²) in [5.74, 6) is -0.976. The van der Waals surface area contributed by atoms with Crippen molar-refractivity contribution in [3.63, 3.8) is 0 Å². The Labute approximate surface area is 117 Å². The van der Waals surface area contributed by atoms with Crippen LogP contribution in [0.4, 0.5) is 0 Å². The number of fused-ring (bicyclic) bond motifs is 2. The number of carbonyl (C=O) groups excluding carboxylic acids is 1. The monoisotopic (exact) mass is 278 g/mol. The fourth-order valence-electron chi connectivity index (χ4n) is 3.82. The Morgan fingerprint density at radius 2 is 2.10 bits per heavy atom. The Hall–Kier alpha value is -1.17. The molecule has 2 bridgehead atoms. The topological polar surface area (TPSA) is 54.0 Å². The van der Waals surface area contributed by atoms with Gasteiger partial charge in [-0.25, -0.2) is 9.68 Å². The van der Waals surface area contributed by atoms with E-state index in [-0.39, 0.29) is 30.0 Å². The molecule has 2 saturated heterocycles. The van der Waals surface area contributed by atoms with Crippen LogP contribution >= 0.6 is 0 Å². The Balaban J connectivity index is 1.74. The van der Waals surface area contributed by atoms with Crippen molar-refractivity contribution in [2.24, 2.45) is 11.8 Å². The van der Waals surface area contributed by atoms with Crippen molar-refractivity contribution < 1.29 is 24.0 Å². The van der Waals surface area contributed by atoms with E-state index in [1.165, 1.54) is 0 Å². The van der Waals surface area contributed by atoms with E-state index in [9.17, 15) is 4.79 Å². The maximum absolute atomic E-state index is 11.7. The number of hydrogen-bond donors (Lipinski definition) is 0. The highest BCUT2D eigenvalue weighted by Gasteiger charge is 2.60. The molecule has 0 aromatic rings. The highest BCUT2D eigenvalue weighted by Crippen LogP contribution is 2.52. The summed E-state index contributed by atoms with van der Waals surface area (Å²) in [6.07, 6.45) is 5.08. The van der Waals surface area contributed by atoms with Gasteiger partial charge in [-0.3, -0.25) is 0 Å². The number of carbonyl (C=O) groups is 1. The van der Waals surface area contributed by atoms with E-state index in [2.05, 4.69) is 19.6 Å². The van der Waals surface area contributed by atoms with Gasteiger partial charge >= 0.3 is 5.97 Å². The first kappa shape index (κ1) is 12.6. The van der Waals surface area contributed by atoms with Crippen molar-refractivity contribution in [3.05, 3.63) is 24.3 Å². The second-order valence-corrected chi connectivity index (χ2v) is 6.42. The Morgan fingerprint density at radius 1 is 1.30 bits per heavy atom. The average molecular weight is 278 g/mol. The summed E-state index contributed by atoms with van der Waals surface area (Å²) in [7, 11) is 0. The van der Waals surface area contributed by atoms with E-state index in [0.29, 0.717) is 12.0 Å². The number of ether oxygens (including phenoxy) is 2. The quantitative estimate of drug-likeness (QED) is 0.293. The van der Waals surface area contributed by atoms with E-state index in [0.717, 1.165) is 6.42 Å². The van der Waals surface area contributed by atoms with Crippen molar-refractivity contribution in [1.82, 2.24) is 0 Å². The van der Waals surface area contributed by atoms with Crippen LogP contribution in [0.15, 0.2) is 24.3 Å². The molecule has 108 valence electrons. The molecule has 0 aromatic heterocycles. The van der Waals surface area contributed by atoms with E-state index in [1.54, 1.807) is 0 Å². The molecule has 0 aromatic carbocycles. The molecule has 0 radical (unpaired) electrons. The van der Waals surface area contributed by atoms with Crippen LogP contribution in [-0.4, -0.2) is 29.6 Å². The van der Waals surface area contributed by atoms with Crippen LogP contribution in [0.2, 0.25) is 0 Å². The lowest BCUT2D eigenvalue weighted by atomic mass is 9.79. The lowest BCUT2D eigenvalue weighted by molar-refractivity contribution is -0.517. The smallest absolute Gasteiger partial charge is 0.334 e. The van der Waals surface area contributed by atoms with E-state index in [4.69, 9.17) is 19.2 Å². The minimum Gasteiger partial charge on any atom is -0.458 e. The van der Waals surface area contributed by atoms with Gasteiger partial charge in [0.15, 0.2) is 5.60 Å². The van der Waals surface area contributed by atoms with Crippen molar-refractivity contribution >= 4 is 5.97 Å². The van der Waals surface area contributed by atoms with Gasteiger partial charge in [0.25, 0.3) is 0 Å². The molecule has 0 N–H and O–H groups in total. The van der Waals surface area contributed by atoms with Gasteiger partial charge in [0.05, 0.1) is 6.10 Å². The van der Waals surface area contributed by atoms with Gasteiger partial charge in [0, 0.05) is 11.5 Å². The van der Waals surface area contributed by atoms with E-state index in [1.807, 2.05) is 13.0 Å². The minimum atomic E-state index is -0.837.